The Hall–Kier alpha value is -3.76. The van der Waals surface area contributed by atoms with Crippen LogP contribution >= 0.6 is 0 Å². The van der Waals surface area contributed by atoms with Gasteiger partial charge in [0.25, 0.3) is 0 Å². The van der Waals surface area contributed by atoms with Crippen molar-refractivity contribution in [3.8, 4) is 16.9 Å². The second kappa shape index (κ2) is 11.9. The molecule has 42 heavy (non-hydrogen) atoms. The summed E-state index contributed by atoms with van der Waals surface area (Å²) in [6, 6.07) is 24.4. The molecule has 0 saturated heterocycles. The van der Waals surface area contributed by atoms with E-state index in [1.54, 1.807) is 18.2 Å². The first kappa shape index (κ1) is 29.7. The van der Waals surface area contributed by atoms with Gasteiger partial charge >= 0.3 is 5.97 Å². The van der Waals surface area contributed by atoms with Gasteiger partial charge in [0.15, 0.2) is 0 Å². The Morgan fingerprint density at radius 3 is 2.43 bits per heavy atom. The smallest absolute Gasteiger partial charge is 0.339 e. The summed E-state index contributed by atoms with van der Waals surface area (Å²) in [5.74, 6) is -0.668. The maximum absolute atomic E-state index is 13.3. The molecule has 0 aromatic heterocycles. The highest BCUT2D eigenvalue weighted by atomic mass is 32.2. The van der Waals surface area contributed by atoms with E-state index in [9.17, 15) is 23.4 Å². The lowest BCUT2D eigenvalue weighted by atomic mass is 9.93. The van der Waals surface area contributed by atoms with E-state index < -0.39 is 22.1 Å². The molecule has 0 unspecified atom stereocenters. The Morgan fingerprint density at radius 1 is 1.00 bits per heavy atom. The summed E-state index contributed by atoms with van der Waals surface area (Å²) in [7, 11) is -2.41. The van der Waals surface area contributed by atoms with Crippen LogP contribution in [0.25, 0.3) is 21.9 Å². The first-order valence-electron chi connectivity index (χ1n) is 13.9. The standard InChI is InChI=1S/C33H36N2O6S/c1-33(2,19-22-8-9-23-6-4-5-7-25(23)16-22)34-20-28(36)21-35(3)42(39,40)29-12-10-24(11-13-29)27-17-26-14-15-41-31(26)30(18-27)32(37)38/h4-13,16-18,28,34,36H,14-15,19-21H2,1-3H3,(H,37,38)/t28-/m0/s1. The SMILES string of the molecule is CN(C[C@@H](O)CNC(C)(C)Cc1ccc2ccccc2c1)S(=O)(=O)c1ccc(-c2cc3c(c(C(=O)O)c2)OCC3)cc1. The molecule has 1 atom stereocenters. The van der Waals surface area contributed by atoms with Crippen molar-refractivity contribution in [3.05, 3.63) is 95.6 Å². The van der Waals surface area contributed by atoms with Crippen molar-refractivity contribution < 1.29 is 28.2 Å². The summed E-state index contributed by atoms with van der Waals surface area (Å²) in [6.45, 7) is 4.71. The number of aliphatic hydroxyl groups excluding tert-OH is 1. The molecule has 0 saturated carbocycles. The number of hydrogen-bond acceptors (Lipinski definition) is 6. The zero-order valence-corrected chi connectivity index (χ0v) is 24.8. The van der Waals surface area contributed by atoms with Crippen molar-refractivity contribution in [2.45, 2.75) is 43.2 Å². The van der Waals surface area contributed by atoms with Crippen LogP contribution in [-0.2, 0) is 22.9 Å². The number of carboxylic acid groups (broad SMARTS) is 1. The van der Waals surface area contributed by atoms with Crippen molar-refractivity contribution in [2.75, 3.05) is 26.7 Å². The van der Waals surface area contributed by atoms with E-state index in [0.29, 0.717) is 29.9 Å². The zero-order valence-electron chi connectivity index (χ0n) is 24.0. The number of rotatable bonds is 11. The van der Waals surface area contributed by atoms with Gasteiger partial charge < -0.3 is 20.3 Å². The second-order valence-electron chi connectivity index (χ2n) is 11.5. The molecule has 0 aliphatic carbocycles. The van der Waals surface area contributed by atoms with Crippen LogP contribution in [0.4, 0.5) is 0 Å². The predicted molar refractivity (Wildman–Crippen MR) is 164 cm³/mol. The van der Waals surface area contributed by atoms with Gasteiger partial charge in [0.1, 0.15) is 11.3 Å². The Bertz CT molecular complexity index is 1720. The molecule has 4 aromatic rings. The fourth-order valence-electron chi connectivity index (χ4n) is 5.41. The molecule has 3 N–H and O–H groups in total. The molecule has 220 valence electrons. The van der Waals surface area contributed by atoms with Gasteiger partial charge in [0.2, 0.25) is 10.0 Å². The third-order valence-corrected chi connectivity index (χ3v) is 9.49. The number of hydrogen-bond donors (Lipinski definition) is 3. The van der Waals surface area contributed by atoms with E-state index in [1.807, 2.05) is 18.2 Å². The summed E-state index contributed by atoms with van der Waals surface area (Å²) in [6.07, 6.45) is 0.456. The van der Waals surface area contributed by atoms with E-state index >= 15 is 0 Å². The number of nitrogens with one attached hydrogen (secondary N) is 1. The highest BCUT2D eigenvalue weighted by Gasteiger charge is 2.26. The highest BCUT2D eigenvalue weighted by molar-refractivity contribution is 7.89. The van der Waals surface area contributed by atoms with Gasteiger partial charge in [-0.2, -0.15) is 4.31 Å². The third kappa shape index (κ3) is 6.50. The van der Waals surface area contributed by atoms with Crippen LogP contribution in [0.5, 0.6) is 5.75 Å². The topological polar surface area (TPSA) is 116 Å². The highest BCUT2D eigenvalue weighted by Crippen LogP contribution is 2.35. The number of carboxylic acids is 1. The molecule has 1 aliphatic rings. The minimum atomic E-state index is -3.86. The molecule has 1 heterocycles. The molecule has 0 amide bonds. The lowest BCUT2D eigenvalue weighted by Crippen LogP contribution is -2.47. The van der Waals surface area contributed by atoms with Crippen LogP contribution in [0.3, 0.4) is 0 Å². The van der Waals surface area contributed by atoms with Gasteiger partial charge in [-0.3, -0.25) is 0 Å². The maximum Gasteiger partial charge on any atom is 0.339 e. The minimum Gasteiger partial charge on any atom is -0.492 e. The summed E-state index contributed by atoms with van der Waals surface area (Å²) >= 11 is 0. The third-order valence-electron chi connectivity index (χ3n) is 7.65. The monoisotopic (exact) mass is 588 g/mol. The molecule has 4 aromatic carbocycles. The summed E-state index contributed by atoms with van der Waals surface area (Å²) in [5, 5.41) is 26.1. The number of likely N-dealkylation sites (N-methyl/N-ethyl adjacent to an activating group) is 1. The lowest BCUT2D eigenvalue weighted by molar-refractivity contribution is 0.0693. The summed E-state index contributed by atoms with van der Waals surface area (Å²) < 4.78 is 33.2. The van der Waals surface area contributed by atoms with E-state index in [-0.39, 0.29) is 29.1 Å². The average Bonchev–Trinajstić information content (AvgIpc) is 3.44. The van der Waals surface area contributed by atoms with Crippen molar-refractivity contribution in [1.82, 2.24) is 9.62 Å². The van der Waals surface area contributed by atoms with Gasteiger partial charge in [-0.15, -0.1) is 0 Å². The second-order valence-corrected chi connectivity index (χ2v) is 13.5. The number of aromatic carboxylic acids is 1. The summed E-state index contributed by atoms with van der Waals surface area (Å²) in [4.78, 5) is 11.8. The maximum atomic E-state index is 13.3. The first-order chi connectivity index (χ1) is 19.9. The van der Waals surface area contributed by atoms with Crippen LogP contribution < -0.4 is 10.1 Å². The minimum absolute atomic E-state index is 0.0735. The Kier molecular flexibility index (Phi) is 8.39. The van der Waals surface area contributed by atoms with E-state index in [0.717, 1.165) is 16.3 Å². The molecule has 8 nitrogen and oxygen atoms in total. The predicted octanol–water partition coefficient (Wildman–Crippen LogP) is 4.73. The number of benzene rings is 4. The molecular formula is C33H36N2O6S. The van der Waals surface area contributed by atoms with Gasteiger partial charge in [0, 0.05) is 32.1 Å². The van der Waals surface area contributed by atoms with Gasteiger partial charge in [-0.25, -0.2) is 13.2 Å². The van der Waals surface area contributed by atoms with Gasteiger partial charge in [-0.1, -0.05) is 54.6 Å². The largest absolute Gasteiger partial charge is 0.492 e. The van der Waals surface area contributed by atoms with E-state index in [1.165, 1.54) is 35.5 Å². The first-order valence-corrected chi connectivity index (χ1v) is 15.4. The number of sulfonamides is 1. The number of carbonyl (C=O) groups is 1. The number of fused-ring (bicyclic) bond motifs is 2. The molecule has 9 heteroatoms. The van der Waals surface area contributed by atoms with Gasteiger partial charge in [0.05, 0.1) is 17.6 Å². The van der Waals surface area contributed by atoms with Crippen molar-refractivity contribution in [1.29, 1.82) is 0 Å². The molecule has 0 bridgehead atoms. The zero-order chi connectivity index (χ0) is 30.1. The van der Waals surface area contributed by atoms with E-state index in [4.69, 9.17) is 4.74 Å². The number of nitrogens with zero attached hydrogens (tertiary/aromatic N) is 1. The Morgan fingerprint density at radius 2 is 1.71 bits per heavy atom. The quantitative estimate of drug-likeness (QED) is 0.232. The number of aliphatic hydroxyl groups is 1. The fourth-order valence-corrected chi connectivity index (χ4v) is 6.62. The molecule has 0 radical (unpaired) electrons. The molecular weight excluding hydrogens is 552 g/mol. The average molecular weight is 589 g/mol. The van der Waals surface area contributed by atoms with Crippen molar-refractivity contribution in [3.63, 3.8) is 0 Å². The normalized spacial score (nSPS) is 14.1. The van der Waals surface area contributed by atoms with Crippen molar-refractivity contribution >= 4 is 26.8 Å². The fraction of sp³-hybridized carbons (Fsp3) is 0.303. The van der Waals surface area contributed by atoms with Crippen molar-refractivity contribution in [2.24, 2.45) is 0 Å². The van der Waals surface area contributed by atoms with Crippen LogP contribution in [0, 0.1) is 0 Å². The van der Waals surface area contributed by atoms with E-state index in [2.05, 4.69) is 49.5 Å². The van der Waals surface area contributed by atoms with Crippen LogP contribution in [0.15, 0.2) is 83.8 Å². The summed E-state index contributed by atoms with van der Waals surface area (Å²) in [5.41, 5.74) is 3.16. The van der Waals surface area contributed by atoms with Gasteiger partial charge in [-0.05, 0) is 77.6 Å². The molecule has 0 fully saturated rings. The van der Waals surface area contributed by atoms with Crippen LogP contribution in [0.2, 0.25) is 0 Å². The number of β-amino-alcohol motifs (C(OH)–C–C–N with tert-alkyl or cyclic N) is 1. The van der Waals surface area contributed by atoms with Crippen LogP contribution in [-0.4, -0.2) is 67.3 Å². The molecule has 0 spiro atoms. The molecule has 1 aliphatic heterocycles. The Labute approximate surface area is 246 Å². The molecule has 5 rings (SSSR count). The lowest BCUT2D eigenvalue weighted by Gasteiger charge is -2.29. The Balaban J connectivity index is 1.20. The number of ether oxygens (including phenoxy) is 1. The van der Waals surface area contributed by atoms with Crippen LogP contribution in [0.1, 0.15) is 35.3 Å².